The predicted molar refractivity (Wildman–Crippen MR) is 45.5 cm³/mol. The van der Waals surface area contributed by atoms with Crippen LogP contribution in [0.4, 0.5) is 0 Å². The molecule has 1 aromatic rings. The molecule has 62 valence electrons. The molecule has 3 heteroatoms. The van der Waals surface area contributed by atoms with E-state index in [0.717, 1.165) is 11.8 Å². The maximum absolute atomic E-state index is 5.97. The molecule has 2 nitrogen and oxygen atoms in total. The lowest BCUT2D eigenvalue weighted by Crippen LogP contribution is -2.26. The quantitative estimate of drug-likeness (QED) is 0.617. The molecular formula is C8H14ClN2+. The number of unbranched alkanes of at least 4 members (excludes halogenated alkanes) is 1. The highest BCUT2D eigenvalue weighted by Crippen LogP contribution is 2.03. The zero-order chi connectivity index (χ0) is 8.27. The fourth-order valence-corrected chi connectivity index (χ4v) is 1.20. The second kappa shape index (κ2) is 3.77. The van der Waals surface area contributed by atoms with Crippen LogP contribution in [-0.2, 0) is 13.6 Å². The van der Waals surface area contributed by atoms with Crippen molar-refractivity contribution in [2.45, 2.75) is 26.3 Å². The number of imidazole rings is 1. The lowest BCUT2D eigenvalue weighted by molar-refractivity contribution is -0.668. The summed E-state index contributed by atoms with van der Waals surface area (Å²) in [6.07, 6.45) is 6.38. The normalized spacial score (nSPS) is 10.5. The monoisotopic (exact) mass is 173 g/mol. The van der Waals surface area contributed by atoms with Gasteiger partial charge in [0, 0.05) is 11.6 Å². The molecule has 0 unspecified atom stereocenters. The molecule has 0 fully saturated rings. The highest BCUT2D eigenvalue weighted by molar-refractivity contribution is 6.27. The molecule has 0 spiro atoms. The molecule has 0 aliphatic heterocycles. The Morgan fingerprint density at radius 2 is 2.36 bits per heavy atom. The summed E-state index contributed by atoms with van der Waals surface area (Å²) in [6.45, 7) is 3.20. The Balaban J connectivity index is 2.63. The highest BCUT2D eigenvalue weighted by atomic mass is 35.5. The van der Waals surface area contributed by atoms with Crippen molar-refractivity contribution in [2.24, 2.45) is 7.05 Å². The van der Waals surface area contributed by atoms with Gasteiger partial charge < -0.3 is 0 Å². The molecule has 0 saturated heterocycles. The standard InChI is InChI=1S/C8H14ClN2/c1-3-4-5-11-7-6-10(2)8(11)9/h6-7H,3-5H2,1-2H3/q+1. The van der Waals surface area contributed by atoms with E-state index in [1.165, 1.54) is 12.8 Å². The van der Waals surface area contributed by atoms with Crippen molar-refractivity contribution in [1.29, 1.82) is 0 Å². The van der Waals surface area contributed by atoms with Crippen molar-refractivity contribution >= 4 is 11.6 Å². The maximum Gasteiger partial charge on any atom is 0.354 e. The molecule has 0 aromatic carbocycles. The number of hydrogen-bond donors (Lipinski definition) is 0. The Labute approximate surface area is 72.4 Å². The number of halogens is 1. The third kappa shape index (κ3) is 1.96. The molecular weight excluding hydrogens is 160 g/mol. The molecule has 0 radical (unpaired) electrons. The van der Waals surface area contributed by atoms with Crippen molar-refractivity contribution < 1.29 is 4.57 Å². The summed E-state index contributed by atoms with van der Waals surface area (Å²) in [4.78, 5) is 0. The average molecular weight is 174 g/mol. The third-order valence-corrected chi connectivity index (χ3v) is 2.23. The van der Waals surface area contributed by atoms with Crippen molar-refractivity contribution in [1.82, 2.24) is 4.57 Å². The number of hydrogen-bond acceptors (Lipinski definition) is 0. The van der Waals surface area contributed by atoms with E-state index in [9.17, 15) is 0 Å². The molecule has 0 aliphatic carbocycles. The zero-order valence-corrected chi connectivity index (χ0v) is 7.80. The zero-order valence-electron chi connectivity index (χ0n) is 7.05. The Hall–Kier alpha value is -0.500. The van der Waals surface area contributed by atoms with Gasteiger partial charge >= 0.3 is 5.28 Å². The largest absolute Gasteiger partial charge is 0.354 e. The summed E-state index contributed by atoms with van der Waals surface area (Å²) in [5.74, 6) is 0. The Kier molecular flexibility index (Phi) is 2.94. The molecule has 11 heavy (non-hydrogen) atoms. The van der Waals surface area contributed by atoms with Gasteiger partial charge in [0.15, 0.2) is 0 Å². The van der Waals surface area contributed by atoms with Gasteiger partial charge in [-0.25, -0.2) is 9.13 Å². The lowest BCUT2D eigenvalue weighted by Gasteiger charge is -1.93. The Morgan fingerprint density at radius 1 is 1.64 bits per heavy atom. The maximum atomic E-state index is 5.97. The smallest absolute Gasteiger partial charge is 0.223 e. The van der Waals surface area contributed by atoms with Gasteiger partial charge in [-0.1, -0.05) is 13.3 Å². The van der Waals surface area contributed by atoms with Crippen LogP contribution in [0.2, 0.25) is 5.28 Å². The molecule has 0 bridgehead atoms. The summed E-state index contributed by atoms with van der Waals surface area (Å²) in [6, 6.07) is 0. The molecule has 1 aromatic heterocycles. The van der Waals surface area contributed by atoms with E-state index in [1.807, 2.05) is 24.0 Å². The van der Waals surface area contributed by atoms with Crippen LogP contribution in [0.1, 0.15) is 19.8 Å². The van der Waals surface area contributed by atoms with Gasteiger partial charge in [0.05, 0.1) is 13.6 Å². The van der Waals surface area contributed by atoms with Crippen molar-refractivity contribution in [3.8, 4) is 0 Å². The summed E-state index contributed by atoms with van der Waals surface area (Å²) >= 11 is 5.97. The Morgan fingerprint density at radius 3 is 2.82 bits per heavy atom. The second-order valence-corrected chi connectivity index (χ2v) is 3.06. The first-order valence-corrected chi connectivity index (χ1v) is 4.33. The van der Waals surface area contributed by atoms with Gasteiger partial charge in [-0.05, 0) is 6.42 Å². The number of aryl methyl sites for hydroxylation is 2. The van der Waals surface area contributed by atoms with Crippen LogP contribution >= 0.6 is 11.6 Å². The minimum Gasteiger partial charge on any atom is -0.223 e. The lowest BCUT2D eigenvalue weighted by atomic mass is 10.3. The molecule has 0 saturated carbocycles. The van der Waals surface area contributed by atoms with Crippen LogP contribution in [0.3, 0.4) is 0 Å². The molecule has 0 N–H and O–H groups in total. The van der Waals surface area contributed by atoms with Crippen LogP contribution in [0.5, 0.6) is 0 Å². The number of nitrogens with zero attached hydrogens (tertiary/aromatic N) is 2. The van der Waals surface area contributed by atoms with E-state index in [4.69, 9.17) is 11.6 Å². The van der Waals surface area contributed by atoms with E-state index in [0.29, 0.717) is 0 Å². The van der Waals surface area contributed by atoms with Crippen LogP contribution in [0.25, 0.3) is 0 Å². The summed E-state index contributed by atoms with van der Waals surface area (Å²) in [5.41, 5.74) is 0. The number of rotatable bonds is 3. The van der Waals surface area contributed by atoms with Gasteiger partial charge in [-0.15, -0.1) is 0 Å². The fourth-order valence-electron chi connectivity index (χ4n) is 1.00. The molecule has 0 aliphatic rings. The van der Waals surface area contributed by atoms with Crippen LogP contribution in [0, 0.1) is 0 Å². The topological polar surface area (TPSA) is 8.81 Å². The average Bonchev–Trinajstić information content (AvgIpc) is 2.31. The molecule has 1 heterocycles. The van der Waals surface area contributed by atoms with E-state index >= 15 is 0 Å². The van der Waals surface area contributed by atoms with E-state index in [2.05, 4.69) is 11.5 Å². The minimum absolute atomic E-state index is 0.804. The van der Waals surface area contributed by atoms with Crippen molar-refractivity contribution in [3.63, 3.8) is 0 Å². The third-order valence-electron chi connectivity index (χ3n) is 1.75. The SMILES string of the molecule is CCCCn1cc[n+](C)c1Cl. The van der Waals surface area contributed by atoms with Crippen molar-refractivity contribution in [3.05, 3.63) is 17.7 Å². The first kappa shape index (κ1) is 8.60. The summed E-state index contributed by atoms with van der Waals surface area (Å²) < 4.78 is 3.97. The number of aromatic nitrogens is 2. The molecule has 1 rings (SSSR count). The molecule has 0 atom stereocenters. The van der Waals surface area contributed by atoms with Crippen molar-refractivity contribution in [2.75, 3.05) is 0 Å². The van der Waals surface area contributed by atoms with Crippen LogP contribution in [-0.4, -0.2) is 4.57 Å². The summed E-state index contributed by atoms with van der Waals surface area (Å²) in [7, 11) is 1.95. The van der Waals surface area contributed by atoms with Gasteiger partial charge in [0.25, 0.3) is 0 Å². The van der Waals surface area contributed by atoms with Gasteiger partial charge in [0.1, 0.15) is 12.4 Å². The van der Waals surface area contributed by atoms with E-state index < -0.39 is 0 Å². The minimum atomic E-state index is 0.804. The highest BCUT2D eigenvalue weighted by Gasteiger charge is 2.09. The van der Waals surface area contributed by atoms with E-state index in [1.54, 1.807) is 0 Å². The first-order valence-electron chi connectivity index (χ1n) is 3.96. The fraction of sp³-hybridized carbons (Fsp3) is 0.625. The van der Waals surface area contributed by atoms with Gasteiger partial charge in [0.2, 0.25) is 0 Å². The Bertz CT molecular complexity index is 230. The van der Waals surface area contributed by atoms with E-state index in [-0.39, 0.29) is 0 Å². The van der Waals surface area contributed by atoms with Crippen LogP contribution in [0.15, 0.2) is 12.4 Å². The van der Waals surface area contributed by atoms with Gasteiger partial charge in [-0.2, -0.15) is 0 Å². The van der Waals surface area contributed by atoms with Gasteiger partial charge in [-0.3, -0.25) is 0 Å². The summed E-state index contributed by atoms with van der Waals surface area (Å²) in [5, 5.41) is 0.804. The first-order chi connectivity index (χ1) is 5.25. The predicted octanol–water partition coefficient (Wildman–Crippen LogP) is 1.77. The van der Waals surface area contributed by atoms with Crippen LogP contribution < -0.4 is 4.57 Å². The second-order valence-electron chi connectivity index (χ2n) is 2.73. The molecule has 0 amide bonds.